The van der Waals surface area contributed by atoms with E-state index in [4.69, 9.17) is 5.11 Å². The van der Waals surface area contributed by atoms with Crippen LogP contribution in [-0.2, 0) is 4.79 Å². The number of aliphatic carboxylic acids is 1. The lowest BCUT2D eigenvalue weighted by atomic mass is 10.1. The number of allylic oxidation sites excluding steroid dienone is 2. The summed E-state index contributed by atoms with van der Waals surface area (Å²) in [6, 6.07) is 0.0379. The molecule has 80 valence electrons. The third-order valence-corrected chi connectivity index (χ3v) is 2.21. The Hall–Kier alpha value is -1.77. The lowest BCUT2D eigenvalue weighted by molar-refractivity contribution is -0.131. The molecule has 0 aromatic rings. The van der Waals surface area contributed by atoms with Gasteiger partial charge in [0, 0.05) is 18.5 Å². The molecule has 1 heterocycles. The van der Waals surface area contributed by atoms with E-state index in [0.29, 0.717) is 0 Å². The highest BCUT2D eigenvalue weighted by molar-refractivity contribution is 5.79. The van der Waals surface area contributed by atoms with Gasteiger partial charge in [-0.15, -0.1) is 6.58 Å². The molecule has 3 heteroatoms. The second-order valence-corrected chi connectivity index (χ2v) is 3.24. The molecule has 1 unspecified atom stereocenters. The van der Waals surface area contributed by atoms with Crippen molar-refractivity contribution in [2.24, 2.45) is 0 Å². The molecule has 0 radical (unpaired) electrons. The maximum absolute atomic E-state index is 10.4. The Balaban J connectivity index is 2.82. The summed E-state index contributed by atoms with van der Waals surface area (Å²) in [6.45, 7) is 5.77. The van der Waals surface area contributed by atoms with Crippen LogP contribution in [0.3, 0.4) is 0 Å². The number of rotatable bonds is 4. The van der Waals surface area contributed by atoms with Gasteiger partial charge in [-0.2, -0.15) is 0 Å². The first kappa shape index (κ1) is 11.3. The van der Waals surface area contributed by atoms with Gasteiger partial charge in [0.15, 0.2) is 0 Å². The van der Waals surface area contributed by atoms with E-state index in [-0.39, 0.29) is 6.04 Å². The Kier molecular flexibility index (Phi) is 3.92. The van der Waals surface area contributed by atoms with Crippen molar-refractivity contribution >= 4 is 5.97 Å². The van der Waals surface area contributed by atoms with Gasteiger partial charge < -0.3 is 10.0 Å². The zero-order chi connectivity index (χ0) is 11.3. The molecule has 1 atom stereocenters. The molecule has 0 spiro atoms. The Morgan fingerprint density at radius 1 is 1.73 bits per heavy atom. The van der Waals surface area contributed by atoms with E-state index >= 15 is 0 Å². The van der Waals surface area contributed by atoms with Gasteiger partial charge in [-0.3, -0.25) is 0 Å². The van der Waals surface area contributed by atoms with Crippen LogP contribution >= 0.6 is 0 Å². The van der Waals surface area contributed by atoms with E-state index in [2.05, 4.69) is 13.5 Å². The van der Waals surface area contributed by atoms with Gasteiger partial charge in [0.05, 0.1) is 6.04 Å². The lowest BCUT2D eigenvalue weighted by Gasteiger charge is -2.26. The van der Waals surface area contributed by atoms with Gasteiger partial charge in [0.2, 0.25) is 0 Å². The summed E-state index contributed by atoms with van der Waals surface area (Å²) >= 11 is 0. The van der Waals surface area contributed by atoms with Crippen molar-refractivity contribution in [1.29, 1.82) is 0 Å². The summed E-state index contributed by atoms with van der Waals surface area (Å²) in [5, 5.41) is 8.55. The van der Waals surface area contributed by atoms with E-state index in [1.807, 2.05) is 23.3 Å². The number of nitrogens with zero attached hydrogens (tertiary/aromatic N) is 1. The summed E-state index contributed by atoms with van der Waals surface area (Å²) in [4.78, 5) is 12.2. The first-order valence-corrected chi connectivity index (χ1v) is 4.87. The monoisotopic (exact) mass is 205 g/mol. The Bertz CT molecular complexity index is 340. The van der Waals surface area contributed by atoms with E-state index in [0.717, 1.165) is 12.5 Å². The average molecular weight is 205 g/mol. The minimum Gasteiger partial charge on any atom is -0.478 e. The highest BCUT2D eigenvalue weighted by Crippen LogP contribution is 2.16. The maximum atomic E-state index is 10.4. The fourth-order valence-electron chi connectivity index (χ4n) is 1.34. The predicted octanol–water partition coefficient (Wildman–Crippen LogP) is 2.31. The van der Waals surface area contributed by atoms with Gasteiger partial charge in [-0.25, -0.2) is 4.79 Å². The van der Waals surface area contributed by atoms with E-state index in [1.165, 1.54) is 5.57 Å². The second kappa shape index (κ2) is 5.20. The normalized spacial score (nSPS) is 20.5. The summed E-state index contributed by atoms with van der Waals surface area (Å²) in [5.41, 5.74) is 1.17. The third-order valence-electron chi connectivity index (χ3n) is 2.21. The maximum Gasteiger partial charge on any atom is 0.329 e. The Labute approximate surface area is 89.7 Å². The average Bonchev–Trinajstić information content (AvgIpc) is 2.25. The van der Waals surface area contributed by atoms with Crippen LogP contribution in [0, 0.1) is 0 Å². The number of carboxylic acids is 1. The molecular weight excluding hydrogens is 190 g/mol. The summed E-state index contributed by atoms with van der Waals surface area (Å²) < 4.78 is 0. The smallest absolute Gasteiger partial charge is 0.329 e. The van der Waals surface area contributed by atoms with Crippen LogP contribution in [0.25, 0.3) is 0 Å². The van der Waals surface area contributed by atoms with Crippen LogP contribution in [0.15, 0.2) is 48.9 Å². The van der Waals surface area contributed by atoms with Gasteiger partial charge in [0.25, 0.3) is 0 Å². The van der Waals surface area contributed by atoms with Crippen molar-refractivity contribution in [3.8, 4) is 0 Å². The van der Waals surface area contributed by atoms with Crippen LogP contribution < -0.4 is 0 Å². The van der Waals surface area contributed by atoms with Crippen molar-refractivity contribution in [2.75, 3.05) is 0 Å². The molecule has 0 amide bonds. The zero-order valence-electron chi connectivity index (χ0n) is 8.76. The van der Waals surface area contributed by atoms with Crippen LogP contribution in [0.2, 0.25) is 0 Å². The lowest BCUT2D eigenvalue weighted by Crippen LogP contribution is -2.24. The van der Waals surface area contributed by atoms with Crippen LogP contribution in [0.4, 0.5) is 0 Å². The fourth-order valence-corrected chi connectivity index (χ4v) is 1.34. The Morgan fingerprint density at radius 3 is 3.00 bits per heavy atom. The SMILES string of the molecule is C=CC1C=CC(CC)=CN1C=CC(=O)O. The van der Waals surface area contributed by atoms with Crippen LogP contribution in [0.1, 0.15) is 13.3 Å². The molecule has 0 bridgehead atoms. The van der Waals surface area contributed by atoms with Gasteiger partial charge in [-0.05, 0) is 12.0 Å². The molecule has 1 rings (SSSR count). The number of hydrogen-bond acceptors (Lipinski definition) is 2. The molecule has 15 heavy (non-hydrogen) atoms. The molecule has 1 N–H and O–H groups in total. The predicted molar refractivity (Wildman–Crippen MR) is 60.1 cm³/mol. The van der Waals surface area contributed by atoms with Crippen LogP contribution in [-0.4, -0.2) is 22.0 Å². The molecule has 0 saturated heterocycles. The first-order chi connectivity index (χ1) is 7.17. The molecule has 0 aromatic carbocycles. The molecular formula is C12H15NO2. The second-order valence-electron chi connectivity index (χ2n) is 3.24. The third kappa shape index (κ3) is 3.13. The fraction of sp³-hybridized carbons (Fsp3) is 0.250. The highest BCUT2D eigenvalue weighted by Gasteiger charge is 2.10. The van der Waals surface area contributed by atoms with Gasteiger partial charge >= 0.3 is 5.97 Å². The molecule has 0 aromatic heterocycles. The largest absolute Gasteiger partial charge is 0.478 e. The van der Waals surface area contributed by atoms with Gasteiger partial charge in [0.1, 0.15) is 0 Å². The Morgan fingerprint density at radius 2 is 2.47 bits per heavy atom. The molecule has 3 nitrogen and oxygen atoms in total. The summed E-state index contributed by atoms with van der Waals surface area (Å²) in [6.07, 6.45) is 11.3. The molecule has 0 aliphatic carbocycles. The number of carboxylic acid groups (broad SMARTS) is 1. The molecule has 1 aliphatic rings. The summed E-state index contributed by atoms with van der Waals surface area (Å²) in [7, 11) is 0. The molecule has 0 saturated carbocycles. The topological polar surface area (TPSA) is 40.5 Å². The highest BCUT2D eigenvalue weighted by atomic mass is 16.4. The standard InChI is InChI=1S/C12H15NO2/c1-3-10-5-6-11(4-2)13(9-10)8-7-12(14)15/h4-9,11H,2-3H2,1H3,(H,14,15). The van der Waals surface area contributed by atoms with Crippen LogP contribution in [0.5, 0.6) is 0 Å². The minimum absolute atomic E-state index is 0.0379. The van der Waals surface area contributed by atoms with Crippen molar-refractivity contribution in [3.05, 3.63) is 48.9 Å². The van der Waals surface area contributed by atoms with E-state index in [1.54, 1.807) is 12.3 Å². The number of carbonyl (C=O) groups is 1. The van der Waals surface area contributed by atoms with Crippen molar-refractivity contribution in [1.82, 2.24) is 4.90 Å². The number of hydrogen-bond donors (Lipinski definition) is 1. The van der Waals surface area contributed by atoms with E-state index < -0.39 is 5.97 Å². The van der Waals surface area contributed by atoms with Crippen molar-refractivity contribution < 1.29 is 9.90 Å². The van der Waals surface area contributed by atoms with Crippen molar-refractivity contribution in [2.45, 2.75) is 19.4 Å². The summed E-state index contributed by atoms with van der Waals surface area (Å²) in [5.74, 6) is -0.946. The minimum atomic E-state index is -0.946. The quantitative estimate of drug-likeness (QED) is 0.565. The zero-order valence-corrected chi connectivity index (χ0v) is 8.76. The molecule has 1 aliphatic heterocycles. The van der Waals surface area contributed by atoms with Crippen molar-refractivity contribution in [3.63, 3.8) is 0 Å². The first-order valence-electron chi connectivity index (χ1n) is 4.87. The molecule has 0 fully saturated rings. The van der Waals surface area contributed by atoms with Gasteiger partial charge in [-0.1, -0.05) is 25.2 Å². The van der Waals surface area contributed by atoms with E-state index in [9.17, 15) is 4.79 Å².